The summed E-state index contributed by atoms with van der Waals surface area (Å²) in [5.74, 6) is -1.37. The molecule has 0 radical (unpaired) electrons. The minimum absolute atomic E-state index is 0.0558. The van der Waals surface area contributed by atoms with Gasteiger partial charge in [0.05, 0.1) is 35.2 Å². The van der Waals surface area contributed by atoms with Crippen molar-refractivity contribution in [2.24, 2.45) is 11.8 Å². The Kier molecular flexibility index (Phi) is 13.6. The van der Waals surface area contributed by atoms with Crippen molar-refractivity contribution in [1.29, 1.82) is 0 Å². The molecule has 2 aromatic rings. The molecule has 12 nitrogen and oxygen atoms in total. The molecule has 0 bridgehead atoms. The third-order valence-corrected chi connectivity index (χ3v) is 6.91. The van der Waals surface area contributed by atoms with E-state index in [0.29, 0.717) is 23.7 Å². The fraction of sp³-hybridized carbons (Fsp3) is 0.471. The zero-order valence-electron chi connectivity index (χ0n) is 27.3. The van der Waals surface area contributed by atoms with Crippen molar-refractivity contribution in [3.05, 3.63) is 86.7 Å². The lowest BCUT2D eigenvalue weighted by Gasteiger charge is -2.31. The largest absolute Gasteiger partial charge is 0.492 e. The van der Waals surface area contributed by atoms with Gasteiger partial charge < -0.3 is 34.7 Å². The molecule has 1 atom stereocenters. The molecule has 0 aromatic heterocycles. The number of allylic oxidation sites excluding steroid dienone is 2. The van der Waals surface area contributed by atoms with Crippen LogP contribution >= 0.6 is 0 Å². The van der Waals surface area contributed by atoms with Crippen LogP contribution in [0.3, 0.4) is 0 Å². The molecular formula is C34H45N3O9. The predicted molar refractivity (Wildman–Crippen MR) is 172 cm³/mol. The molecule has 0 saturated carbocycles. The smallest absolute Gasteiger partial charge is 0.336 e. The summed E-state index contributed by atoms with van der Waals surface area (Å²) in [6.45, 7) is 12.0. The Bertz CT molecular complexity index is 1370. The molecule has 3 rings (SSSR count). The number of carbonyl (C=O) groups is 2. The van der Waals surface area contributed by atoms with E-state index < -0.39 is 28.9 Å². The summed E-state index contributed by atoms with van der Waals surface area (Å²) in [7, 11) is 0. The number of rotatable bonds is 17. The molecule has 12 heteroatoms. The molecule has 2 aromatic carbocycles. The molecule has 0 fully saturated rings. The van der Waals surface area contributed by atoms with Crippen LogP contribution < -0.4 is 20.1 Å². The number of carbonyl (C=O) groups excluding carboxylic acids is 2. The second-order valence-electron chi connectivity index (χ2n) is 11.9. The zero-order valence-corrected chi connectivity index (χ0v) is 27.3. The van der Waals surface area contributed by atoms with E-state index >= 15 is 0 Å². The fourth-order valence-electron chi connectivity index (χ4n) is 4.76. The molecule has 0 amide bonds. The summed E-state index contributed by atoms with van der Waals surface area (Å²) in [5.41, 5.74) is 1.17. The summed E-state index contributed by atoms with van der Waals surface area (Å²) in [5, 5.41) is 28.4. The van der Waals surface area contributed by atoms with Gasteiger partial charge in [-0.3, -0.25) is 10.1 Å². The third-order valence-electron chi connectivity index (χ3n) is 6.91. The minimum atomic E-state index is -1.07. The van der Waals surface area contributed by atoms with Crippen molar-refractivity contribution >= 4 is 17.6 Å². The Morgan fingerprint density at radius 2 is 1.50 bits per heavy atom. The van der Waals surface area contributed by atoms with E-state index in [4.69, 9.17) is 18.9 Å². The molecule has 3 N–H and O–H groups in total. The summed E-state index contributed by atoms with van der Waals surface area (Å²) in [4.78, 5) is 38.4. The van der Waals surface area contributed by atoms with Crippen LogP contribution in [0.4, 0.5) is 5.69 Å². The van der Waals surface area contributed by atoms with Crippen LogP contribution in [0.5, 0.6) is 11.5 Å². The summed E-state index contributed by atoms with van der Waals surface area (Å²) in [6.07, 6.45) is -0.773. The number of hydrogen-bond acceptors (Lipinski definition) is 11. The summed E-state index contributed by atoms with van der Waals surface area (Å²) in [6, 6.07) is 13.2. The number of ether oxygens (including phenoxy) is 4. The molecule has 0 spiro atoms. The summed E-state index contributed by atoms with van der Waals surface area (Å²) >= 11 is 0. The number of nitrogens with zero attached hydrogens (tertiary/aromatic N) is 1. The van der Waals surface area contributed by atoms with E-state index in [9.17, 15) is 24.8 Å². The molecule has 1 heterocycles. The SMILES string of the molecule is CC1=C(C(=O)OCC(C)C)C(c2cc([N+](=O)[O-])ccc2OCCNCC(O)COc2ccccc2)C(C(=O)OCC(C)C)=C(C)N1. The maximum atomic E-state index is 13.6. The number of nitro benzene ring substituents is 1. The van der Waals surface area contributed by atoms with Crippen molar-refractivity contribution in [2.75, 3.05) is 39.5 Å². The van der Waals surface area contributed by atoms with Gasteiger partial charge in [-0.15, -0.1) is 0 Å². The number of nitro groups is 1. The first-order chi connectivity index (χ1) is 21.9. The molecule has 0 aliphatic carbocycles. The highest BCUT2D eigenvalue weighted by Gasteiger charge is 2.40. The number of nitrogens with one attached hydrogen (secondary N) is 2. The Hall–Kier alpha value is -4.42. The average Bonchev–Trinajstić information content (AvgIpc) is 3.01. The van der Waals surface area contributed by atoms with Gasteiger partial charge in [0.2, 0.25) is 0 Å². The lowest BCUT2D eigenvalue weighted by molar-refractivity contribution is -0.384. The topological polar surface area (TPSA) is 158 Å². The number of non-ortho nitro benzene ring substituents is 1. The van der Waals surface area contributed by atoms with Crippen LogP contribution in [0.25, 0.3) is 0 Å². The van der Waals surface area contributed by atoms with E-state index in [1.54, 1.807) is 26.0 Å². The van der Waals surface area contributed by atoms with Gasteiger partial charge in [-0.1, -0.05) is 45.9 Å². The number of aliphatic hydroxyl groups excluding tert-OH is 1. The number of para-hydroxylation sites is 1. The van der Waals surface area contributed by atoms with Gasteiger partial charge in [-0.25, -0.2) is 9.59 Å². The molecule has 1 aliphatic rings. The molecule has 46 heavy (non-hydrogen) atoms. The first-order valence-electron chi connectivity index (χ1n) is 15.4. The Morgan fingerprint density at radius 1 is 0.913 bits per heavy atom. The number of hydrogen-bond donors (Lipinski definition) is 3. The van der Waals surface area contributed by atoms with Gasteiger partial charge in [0.15, 0.2) is 0 Å². The van der Waals surface area contributed by atoms with Crippen LogP contribution in [0.2, 0.25) is 0 Å². The van der Waals surface area contributed by atoms with E-state index in [2.05, 4.69) is 10.6 Å². The minimum Gasteiger partial charge on any atom is -0.492 e. The van der Waals surface area contributed by atoms with Crippen molar-refractivity contribution in [3.8, 4) is 11.5 Å². The van der Waals surface area contributed by atoms with Crippen molar-refractivity contribution < 1.29 is 38.6 Å². The monoisotopic (exact) mass is 639 g/mol. The average molecular weight is 640 g/mol. The van der Waals surface area contributed by atoms with Crippen LogP contribution in [-0.4, -0.2) is 67.6 Å². The highest BCUT2D eigenvalue weighted by molar-refractivity contribution is 6.00. The highest BCUT2D eigenvalue weighted by atomic mass is 16.6. The lowest BCUT2D eigenvalue weighted by atomic mass is 9.79. The first-order valence-corrected chi connectivity index (χ1v) is 15.4. The number of esters is 2. The second-order valence-corrected chi connectivity index (χ2v) is 11.9. The molecule has 250 valence electrons. The lowest BCUT2D eigenvalue weighted by Crippen LogP contribution is -2.34. The van der Waals surface area contributed by atoms with Crippen LogP contribution in [0, 0.1) is 22.0 Å². The second kappa shape index (κ2) is 17.3. The van der Waals surface area contributed by atoms with E-state index in [1.165, 1.54) is 18.2 Å². The first kappa shape index (κ1) is 36.1. The highest BCUT2D eigenvalue weighted by Crippen LogP contribution is 2.44. The van der Waals surface area contributed by atoms with Gasteiger partial charge in [0.1, 0.15) is 30.8 Å². The summed E-state index contributed by atoms with van der Waals surface area (Å²) < 4.78 is 22.9. The van der Waals surface area contributed by atoms with Crippen molar-refractivity contribution in [1.82, 2.24) is 10.6 Å². The van der Waals surface area contributed by atoms with Gasteiger partial charge in [0, 0.05) is 42.2 Å². The standard InChI is InChI=1S/C34H45N3O9/c1-21(2)18-45-33(39)30-23(5)36-24(6)31(34(40)46-19-22(3)4)32(30)28-16-25(37(41)42)12-13-29(28)43-15-14-35-17-26(38)20-44-27-10-8-7-9-11-27/h7-13,16,21-22,26,32,35-36,38H,14-15,17-20H2,1-6H3. The van der Waals surface area contributed by atoms with Crippen LogP contribution in [0.15, 0.2) is 71.1 Å². The fourth-order valence-corrected chi connectivity index (χ4v) is 4.76. The Balaban J connectivity index is 1.88. The number of benzene rings is 2. The van der Waals surface area contributed by atoms with Gasteiger partial charge >= 0.3 is 11.9 Å². The Labute approximate surface area is 269 Å². The van der Waals surface area contributed by atoms with Crippen LogP contribution in [0.1, 0.15) is 53.0 Å². The van der Waals surface area contributed by atoms with E-state index in [0.717, 1.165) is 0 Å². The van der Waals surface area contributed by atoms with Gasteiger partial charge in [-0.05, 0) is 43.9 Å². The third kappa shape index (κ3) is 10.3. The molecule has 1 aliphatic heterocycles. The zero-order chi connectivity index (χ0) is 33.8. The molecule has 0 saturated heterocycles. The van der Waals surface area contributed by atoms with Crippen molar-refractivity contribution in [2.45, 2.75) is 53.6 Å². The number of aliphatic hydroxyl groups is 1. The maximum absolute atomic E-state index is 13.6. The number of dihydropyridines is 1. The van der Waals surface area contributed by atoms with Gasteiger partial charge in [-0.2, -0.15) is 0 Å². The predicted octanol–water partition coefficient (Wildman–Crippen LogP) is 4.64. The van der Waals surface area contributed by atoms with Crippen LogP contribution in [-0.2, 0) is 19.1 Å². The maximum Gasteiger partial charge on any atom is 0.336 e. The molecular weight excluding hydrogens is 594 g/mol. The van der Waals surface area contributed by atoms with Crippen molar-refractivity contribution in [3.63, 3.8) is 0 Å². The molecule has 1 unspecified atom stereocenters. The van der Waals surface area contributed by atoms with Gasteiger partial charge in [0.25, 0.3) is 5.69 Å². The van der Waals surface area contributed by atoms with E-state index in [-0.39, 0.29) is 73.0 Å². The Morgan fingerprint density at radius 3 is 2.04 bits per heavy atom. The quantitative estimate of drug-likeness (QED) is 0.0959. The normalized spacial score (nSPS) is 14.3. The van der Waals surface area contributed by atoms with E-state index in [1.807, 2.05) is 45.9 Å².